The third kappa shape index (κ3) is 6.63. The Hall–Kier alpha value is -3.23. The zero-order valence-corrected chi connectivity index (χ0v) is 18.2. The first kappa shape index (κ1) is 22.5. The van der Waals surface area contributed by atoms with Gasteiger partial charge in [0.05, 0.1) is 5.75 Å². The van der Waals surface area contributed by atoms with Gasteiger partial charge in [-0.3, -0.25) is 4.79 Å². The minimum atomic E-state index is -3.48. The van der Waals surface area contributed by atoms with Crippen molar-refractivity contribution in [3.05, 3.63) is 89.6 Å². The van der Waals surface area contributed by atoms with E-state index in [0.717, 1.165) is 5.56 Å². The van der Waals surface area contributed by atoms with Crippen LogP contribution in [0.25, 0.3) is 0 Å². The number of hydrogen-bond acceptors (Lipinski definition) is 5. The molecular weight excluding hydrogens is 414 g/mol. The fourth-order valence-corrected chi connectivity index (χ4v) is 4.48. The number of aromatic nitrogens is 1. The lowest BCUT2D eigenvalue weighted by molar-refractivity contribution is 0.0948. The first-order valence-electron chi connectivity index (χ1n) is 9.87. The highest BCUT2D eigenvalue weighted by Crippen LogP contribution is 2.22. The van der Waals surface area contributed by atoms with Crippen molar-refractivity contribution in [3.63, 3.8) is 0 Å². The van der Waals surface area contributed by atoms with E-state index in [2.05, 4.69) is 15.0 Å². The van der Waals surface area contributed by atoms with Crippen molar-refractivity contribution in [1.29, 1.82) is 0 Å². The standard InChI is InChI=1S/C23H25N3O4S/c1-17(2)26-31(28,29)16-19-10-7-6-9-18(19)15-25-22(27)21-13-8-14-24-23(21)30-20-11-4-3-5-12-20/h3-14,17,26H,15-16H2,1-2H3,(H,25,27). The molecule has 31 heavy (non-hydrogen) atoms. The lowest BCUT2D eigenvalue weighted by Gasteiger charge is -2.14. The van der Waals surface area contributed by atoms with Gasteiger partial charge in [0.15, 0.2) is 0 Å². The molecule has 0 spiro atoms. The molecule has 2 N–H and O–H groups in total. The molecule has 0 atom stereocenters. The minimum absolute atomic E-state index is 0.160. The van der Waals surface area contributed by atoms with Crippen LogP contribution in [0.1, 0.15) is 35.3 Å². The molecule has 1 amide bonds. The van der Waals surface area contributed by atoms with Crippen molar-refractivity contribution in [1.82, 2.24) is 15.0 Å². The highest BCUT2D eigenvalue weighted by molar-refractivity contribution is 7.88. The number of carbonyl (C=O) groups is 1. The van der Waals surface area contributed by atoms with Gasteiger partial charge in [0.1, 0.15) is 11.3 Å². The Kier molecular flexibility index (Phi) is 7.38. The van der Waals surface area contributed by atoms with Crippen LogP contribution in [0.5, 0.6) is 11.6 Å². The highest BCUT2D eigenvalue weighted by atomic mass is 32.2. The summed E-state index contributed by atoms with van der Waals surface area (Å²) in [6, 6.07) is 19.3. The van der Waals surface area contributed by atoms with Crippen LogP contribution in [-0.4, -0.2) is 25.4 Å². The van der Waals surface area contributed by atoms with Gasteiger partial charge < -0.3 is 10.1 Å². The molecule has 0 unspecified atom stereocenters. The van der Waals surface area contributed by atoms with Crippen LogP contribution in [-0.2, 0) is 22.3 Å². The molecule has 0 aliphatic heterocycles. The molecule has 1 aromatic heterocycles. The number of benzene rings is 2. The fourth-order valence-electron chi connectivity index (χ4n) is 2.99. The zero-order valence-electron chi connectivity index (χ0n) is 17.4. The van der Waals surface area contributed by atoms with Crippen LogP contribution in [0.4, 0.5) is 0 Å². The van der Waals surface area contributed by atoms with Gasteiger partial charge >= 0.3 is 0 Å². The highest BCUT2D eigenvalue weighted by Gasteiger charge is 2.17. The maximum Gasteiger partial charge on any atom is 0.257 e. The molecule has 0 bridgehead atoms. The van der Waals surface area contributed by atoms with Gasteiger partial charge in [-0.25, -0.2) is 18.1 Å². The zero-order chi connectivity index (χ0) is 22.3. The van der Waals surface area contributed by atoms with E-state index in [4.69, 9.17) is 4.74 Å². The Morgan fingerprint density at radius 2 is 1.65 bits per heavy atom. The molecule has 162 valence electrons. The average molecular weight is 440 g/mol. The minimum Gasteiger partial charge on any atom is -0.438 e. The Bertz CT molecular complexity index is 1130. The molecule has 7 nitrogen and oxygen atoms in total. The second kappa shape index (κ2) is 10.2. The van der Waals surface area contributed by atoms with Crippen molar-refractivity contribution in [3.8, 4) is 11.6 Å². The first-order chi connectivity index (χ1) is 14.8. The summed E-state index contributed by atoms with van der Waals surface area (Å²) in [5, 5.41) is 2.83. The molecule has 0 saturated heterocycles. The number of rotatable bonds is 9. The normalized spacial score (nSPS) is 11.3. The van der Waals surface area contributed by atoms with Crippen molar-refractivity contribution < 1.29 is 17.9 Å². The van der Waals surface area contributed by atoms with Crippen molar-refractivity contribution >= 4 is 15.9 Å². The van der Waals surface area contributed by atoms with E-state index in [1.54, 1.807) is 62.5 Å². The summed E-state index contributed by atoms with van der Waals surface area (Å²) in [5.41, 5.74) is 1.64. The lowest BCUT2D eigenvalue weighted by Crippen LogP contribution is -2.32. The number of nitrogens with one attached hydrogen (secondary N) is 2. The Morgan fingerprint density at radius 1 is 0.968 bits per heavy atom. The van der Waals surface area contributed by atoms with Crippen LogP contribution in [0, 0.1) is 0 Å². The molecule has 3 aromatic rings. The second-order valence-corrected chi connectivity index (χ2v) is 9.01. The number of sulfonamides is 1. The lowest BCUT2D eigenvalue weighted by atomic mass is 10.1. The average Bonchev–Trinajstić information content (AvgIpc) is 2.73. The topological polar surface area (TPSA) is 97.4 Å². The number of nitrogens with zero attached hydrogens (tertiary/aromatic N) is 1. The van der Waals surface area contributed by atoms with Gasteiger partial charge in [-0.1, -0.05) is 42.5 Å². The summed E-state index contributed by atoms with van der Waals surface area (Å²) < 4.78 is 33.0. The summed E-state index contributed by atoms with van der Waals surface area (Å²) in [6.45, 7) is 3.71. The molecule has 1 heterocycles. The van der Waals surface area contributed by atoms with E-state index in [1.807, 2.05) is 24.3 Å². The number of hydrogen-bond donors (Lipinski definition) is 2. The quantitative estimate of drug-likeness (QED) is 0.531. The van der Waals surface area contributed by atoms with E-state index in [-0.39, 0.29) is 35.7 Å². The summed E-state index contributed by atoms with van der Waals surface area (Å²) in [4.78, 5) is 17.0. The molecule has 0 aliphatic carbocycles. The molecule has 3 rings (SSSR count). The summed E-state index contributed by atoms with van der Waals surface area (Å²) in [5.74, 6) is 0.246. The van der Waals surface area contributed by atoms with Crippen molar-refractivity contribution in [2.24, 2.45) is 0 Å². The summed E-state index contributed by atoms with van der Waals surface area (Å²) in [6.07, 6.45) is 1.55. The number of carbonyl (C=O) groups excluding carboxylic acids is 1. The predicted molar refractivity (Wildman–Crippen MR) is 119 cm³/mol. The number of amides is 1. The Balaban J connectivity index is 1.72. The number of para-hydroxylation sites is 1. The van der Waals surface area contributed by atoms with Gasteiger partial charge in [0.25, 0.3) is 5.91 Å². The summed E-state index contributed by atoms with van der Waals surface area (Å²) in [7, 11) is -3.48. The SMILES string of the molecule is CC(C)NS(=O)(=O)Cc1ccccc1CNC(=O)c1cccnc1Oc1ccccc1. The molecule has 0 aliphatic rings. The molecule has 0 saturated carbocycles. The maximum atomic E-state index is 12.8. The Morgan fingerprint density at radius 3 is 2.35 bits per heavy atom. The first-order valence-corrected chi connectivity index (χ1v) is 11.5. The maximum absolute atomic E-state index is 12.8. The van der Waals surface area contributed by atoms with E-state index in [1.165, 1.54) is 0 Å². The molecule has 2 aromatic carbocycles. The van der Waals surface area contributed by atoms with E-state index in [0.29, 0.717) is 11.3 Å². The molecule has 0 fully saturated rings. The Labute approximate surface area is 182 Å². The monoisotopic (exact) mass is 439 g/mol. The van der Waals surface area contributed by atoms with Crippen LogP contribution in [0.15, 0.2) is 72.9 Å². The number of pyridine rings is 1. The van der Waals surface area contributed by atoms with Crippen LogP contribution < -0.4 is 14.8 Å². The molecular formula is C23H25N3O4S. The van der Waals surface area contributed by atoms with E-state index >= 15 is 0 Å². The smallest absolute Gasteiger partial charge is 0.257 e. The van der Waals surface area contributed by atoms with Crippen molar-refractivity contribution in [2.45, 2.75) is 32.2 Å². The fraction of sp³-hybridized carbons (Fsp3) is 0.217. The van der Waals surface area contributed by atoms with Crippen LogP contribution in [0.2, 0.25) is 0 Å². The summed E-state index contributed by atoms with van der Waals surface area (Å²) >= 11 is 0. The van der Waals surface area contributed by atoms with Gasteiger partial charge in [-0.15, -0.1) is 0 Å². The largest absolute Gasteiger partial charge is 0.438 e. The van der Waals surface area contributed by atoms with E-state index < -0.39 is 10.0 Å². The molecule has 8 heteroatoms. The third-order valence-electron chi connectivity index (χ3n) is 4.29. The third-order valence-corrected chi connectivity index (χ3v) is 5.81. The van der Waals surface area contributed by atoms with Crippen molar-refractivity contribution in [2.75, 3.05) is 0 Å². The van der Waals surface area contributed by atoms with E-state index in [9.17, 15) is 13.2 Å². The number of ether oxygens (including phenoxy) is 1. The second-order valence-electron chi connectivity index (χ2n) is 7.25. The van der Waals surface area contributed by atoms with Gasteiger partial charge in [-0.2, -0.15) is 0 Å². The van der Waals surface area contributed by atoms with Gasteiger partial charge in [0.2, 0.25) is 15.9 Å². The van der Waals surface area contributed by atoms with Crippen LogP contribution in [0.3, 0.4) is 0 Å². The predicted octanol–water partition coefficient (Wildman–Crippen LogP) is 3.63. The van der Waals surface area contributed by atoms with Crippen LogP contribution >= 0.6 is 0 Å². The van der Waals surface area contributed by atoms with Gasteiger partial charge in [-0.05, 0) is 49.2 Å². The van der Waals surface area contributed by atoms with Gasteiger partial charge in [0, 0.05) is 18.8 Å². The molecule has 0 radical (unpaired) electrons.